The molecule has 0 fully saturated rings. The number of nitrogen functional groups attached to an aromatic ring is 1. The van der Waals surface area contributed by atoms with Crippen molar-refractivity contribution in [3.63, 3.8) is 0 Å². The van der Waals surface area contributed by atoms with Crippen molar-refractivity contribution in [2.75, 3.05) is 23.4 Å². The Morgan fingerprint density at radius 1 is 1.39 bits per heavy atom. The van der Waals surface area contributed by atoms with Crippen molar-refractivity contribution in [2.45, 2.75) is 19.4 Å². The van der Waals surface area contributed by atoms with Gasteiger partial charge in [-0.1, -0.05) is 6.92 Å². The normalized spacial score (nSPS) is 12.1. The first-order chi connectivity index (χ1) is 8.72. The second kappa shape index (κ2) is 5.63. The molecule has 18 heavy (non-hydrogen) atoms. The highest BCUT2D eigenvalue weighted by Gasteiger charge is 2.13. The number of anilines is 3. The molecule has 1 unspecified atom stereocenters. The van der Waals surface area contributed by atoms with Crippen molar-refractivity contribution in [1.29, 1.82) is 0 Å². The first kappa shape index (κ1) is 12.6. The van der Waals surface area contributed by atoms with Crippen molar-refractivity contribution in [2.24, 2.45) is 0 Å². The van der Waals surface area contributed by atoms with Crippen molar-refractivity contribution < 1.29 is 0 Å². The fourth-order valence-electron chi connectivity index (χ4n) is 1.59. The van der Waals surface area contributed by atoms with Crippen LogP contribution in [0.4, 0.5) is 17.6 Å². The zero-order valence-corrected chi connectivity index (χ0v) is 11.2. The van der Waals surface area contributed by atoms with Crippen LogP contribution in [0.1, 0.15) is 24.4 Å². The molecular formula is C11H16N6S. The molecule has 2 rings (SSSR count). The second-order valence-corrected chi connectivity index (χ2v) is 4.65. The Labute approximate surface area is 110 Å². The van der Waals surface area contributed by atoms with Crippen LogP contribution in [0.25, 0.3) is 0 Å². The lowest BCUT2D eigenvalue weighted by atomic mass is 10.2. The smallest absolute Gasteiger partial charge is 0.223 e. The summed E-state index contributed by atoms with van der Waals surface area (Å²) in [5, 5.41) is 9.28. The molecule has 7 heteroatoms. The summed E-state index contributed by atoms with van der Waals surface area (Å²) in [6, 6.07) is 1.97. The molecular weight excluding hydrogens is 248 g/mol. The van der Waals surface area contributed by atoms with Gasteiger partial charge in [0.1, 0.15) is 16.6 Å². The Kier molecular flexibility index (Phi) is 3.93. The second-order valence-electron chi connectivity index (χ2n) is 3.72. The lowest BCUT2D eigenvalue weighted by molar-refractivity contribution is 0.737. The number of rotatable bonds is 5. The van der Waals surface area contributed by atoms with E-state index in [4.69, 9.17) is 5.73 Å². The van der Waals surface area contributed by atoms with Gasteiger partial charge in [-0.05, 0) is 6.42 Å². The molecule has 2 aromatic heterocycles. The topological polar surface area (TPSA) is 88.8 Å². The third-order valence-electron chi connectivity index (χ3n) is 2.48. The molecule has 4 N–H and O–H groups in total. The van der Waals surface area contributed by atoms with E-state index >= 15 is 0 Å². The van der Waals surface area contributed by atoms with E-state index in [0.29, 0.717) is 11.6 Å². The Morgan fingerprint density at radius 3 is 2.78 bits per heavy atom. The van der Waals surface area contributed by atoms with E-state index in [2.05, 4.69) is 32.5 Å². The summed E-state index contributed by atoms with van der Waals surface area (Å²) in [5.41, 5.74) is 5.66. The number of nitrogens with one attached hydrogen (secondary N) is 2. The number of nitrogens with two attached hydrogens (primary N) is 1. The fourth-order valence-corrected chi connectivity index (χ4v) is 2.36. The average molecular weight is 264 g/mol. The van der Waals surface area contributed by atoms with E-state index in [0.717, 1.165) is 11.4 Å². The number of thiazole rings is 1. The molecule has 0 bridgehead atoms. The van der Waals surface area contributed by atoms with E-state index in [-0.39, 0.29) is 12.0 Å². The minimum Gasteiger partial charge on any atom is -0.373 e. The van der Waals surface area contributed by atoms with Crippen LogP contribution in [0.5, 0.6) is 0 Å². The third-order valence-corrected chi connectivity index (χ3v) is 3.37. The molecule has 0 aliphatic rings. The molecule has 0 saturated heterocycles. The Bertz CT molecular complexity index is 498. The van der Waals surface area contributed by atoms with Crippen LogP contribution in [-0.2, 0) is 0 Å². The largest absolute Gasteiger partial charge is 0.373 e. The molecule has 0 spiro atoms. The summed E-state index contributed by atoms with van der Waals surface area (Å²) in [6.07, 6.45) is 2.73. The molecule has 0 aromatic carbocycles. The molecule has 0 amide bonds. The van der Waals surface area contributed by atoms with Gasteiger partial charge in [-0.15, -0.1) is 11.3 Å². The maximum absolute atomic E-state index is 5.66. The van der Waals surface area contributed by atoms with E-state index < -0.39 is 0 Å². The zero-order valence-electron chi connectivity index (χ0n) is 10.3. The molecule has 0 radical (unpaired) electrons. The molecule has 1 atom stereocenters. The van der Waals surface area contributed by atoms with Crippen LogP contribution in [-0.4, -0.2) is 22.0 Å². The van der Waals surface area contributed by atoms with Crippen molar-refractivity contribution in [3.8, 4) is 0 Å². The average Bonchev–Trinajstić information content (AvgIpc) is 2.89. The van der Waals surface area contributed by atoms with Crippen LogP contribution in [0, 0.1) is 0 Å². The van der Waals surface area contributed by atoms with E-state index in [1.807, 2.05) is 11.4 Å². The van der Waals surface area contributed by atoms with Gasteiger partial charge in [0.25, 0.3) is 0 Å². The van der Waals surface area contributed by atoms with Crippen LogP contribution < -0.4 is 16.4 Å². The molecule has 0 saturated carbocycles. The van der Waals surface area contributed by atoms with Gasteiger partial charge in [-0.25, -0.2) is 4.98 Å². The van der Waals surface area contributed by atoms with Gasteiger partial charge in [-0.3, -0.25) is 0 Å². The lowest BCUT2D eigenvalue weighted by Gasteiger charge is -2.15. The SMILES string of the molecule is CCC(Nc1cc(NC)nc(N)n1)c1nccs1. The van der Waals surface area contributed by atoms with Gasteiger partial charge in [0.2, 0.25) is 5.95 Å². The minimum absolute atomic E-state index is 0.143. The summed E-state index contributed by atoms with van der Waals surface area (Å²) < 4.78 is 0. The summed E-state index contributed by atoms with van der Waals surface area (Å²) >= 11 is 1.63. The predicted octanol–water partition coefficient (Wildman–Crippen LogP) is 2.12. The molecule has 2 heterocycles. The summed E-state index contributed by atoms with van der Waals surface area (Å²) in [4.78, 5) is 12.5. The fraction of sp³-hybridized carbons (Fsp3) is 0.364. The first-order valence-corrected chi connectivity index (χ1v) is 6.59. The number of nitrogens with zero attached hydrogens (tertiary/aromatic N) is 3. The van der Waals surface area contributed by atoms with Crippen LogP contribution in [0.3, 0.4) is 0 Å². The first-order valence-electron chi connectivity index (χ1n) is 5.71. The predicted molar refractivity (Wildman–Crippen MR) is 74.8 cm³/mol. The van der Waals surface area contributed by atoms with Crippen LogP contribution >= 0.6 is 11.3 Å². The molecule has 6 nitrogen and oxygen atoms in total. The lowest BCUT2D eigenvalue weighted by Crippen LogP contribution is -2.12. The Morgan fingerprint density at radius 2 is 2.17 bits per heavy atom. The van der Waals surface area contributed by atoms with Gasteiger partial charge in [0.15, 0.2) is 0 Å². The van der Waals surface area contributed by atoms with E-state index in [1.54, 1.807) is 24.6 Å². The van der Waals surface area contributed by atoms with Crippen molar-refractivity contribution in [3.05, 3.63) is 22.7 Å². The van der Waals surface area contributed by atoms with Crippen LogP contribution in [0.2, 0.25) is 0 Å². The molecule has 2 aromatic rings. The van der Waals surface area contributed by atoms with Crippen LogP contribution in [0.15, 0.2) is 17.6 Å². The van der Waals surface area contributed by atoms with Crippen molar-refractivity contribution in [1.82, 2.24) is 15.0 Å². The minimum atomic E-state index is 0.143. The van der Waals surface area contributed by atoms with Gasteiger partial charge in [0, 0.05) is 24.7 Å². The molecule has 0 aliphatic carbocycles. The standard InChI is InChI=1S/C11H16N6S/c1-3-7(10-14-4-5-18-10)15-9-6-8(13-2)16-11(12)17-9/h4-7H,3H2,1-2H3,(H4,12,13,15,16,17). The molecule has 96 valence electrons. The summed E-state index contributed by atoms with van der Waals surface area (Å²) in [7, 11) is 1.80. The third kappa shape index (κ3) is 2.86. The monoisotopic (exact) mass is 264 g/mol. The van der Waals surface area contributed by atoms with Gasteiger partial charge in [0.05, 0.1) is 6.04 Å². The highest BCUT2D eigenvalue weighted by Crippen LogP contribution is 2.24. The summed E-state index contributed by atoms with van der Waals surface area (Å²) in [5.74, 6) is 1.64. The van der Waals surface area contributed by atoms with E-state index in [1.165, 1.54) is 0 Å². The molecule has 0 aliphatic heterocycles. The number of hydrogen-bond donors (Lipinski definition) is 3. The number of aromatic nitrogens is 3. The Hall–Kier alpha value is -1.89. The highest BCUT2D eigenvalue weighted by molar-refractivity contribution is 7.09. The maximum Gasteiger partial charge on any atom is 0.223 e. The van der Waals surface area contributed by atoms with Gasteiger partial charge in [-0.2, -0.15) is 9.97 Å². The maximum atomic E-state index is 5.66. The van der Waals surface area contributed by atoms with E-state index in [9.17, 15) is 0 Å². The number of hydrogen-bond acceptors (Lipinski definition) is 7. The summed E-state index contributed by atoms with van der Waals surface area (Å²) in [6.45, 7) is 2.10. The zero-order chi connectivity index (χ0) is 13.0. The highest BCUT2D eigenvalue weighted by atomic mass is 32.1. The van der Waals surface area contributed by atoms with Gasteiger partial charge < -0.3 is 16.4 Å². The van der Waals surface area contributed by atoms with Crippen molar-refractivity contribution >= 4 is 28.9 Å². The van der Waals surface area contributed by atoms with Gasteiger partial charge >= 0.3 is 0 Å². The Balaban J connectivity index is 2.19. The quantitative estimate of drug-likeness (QED) is 0.766.